The Balaban J connectivity index is 1.51. The molecular formula is C30H38O8. The number of phenols is 3. The summed E-state index contributed by atoms with van der Waals surface area (Å²) in [7, 11) is 1.46. The normalized spacial score (nSPS) is 18.5. The minimum Gasteiger partial charge on any atom is -0.504 e. The van der Waals surface area contributed by atoms with Crippen molar-refractivity contribution < 1.29 is 39.5 Å². The van der Waals surface area contributed by atoms with Crippen molar-refractivity contribution in [1.82, 2.24) is 0 Å². The van der Waals surface area contributed by atoms with Gasteiger partial charge in [-0.05, 0) is 78.3 Å². The molecular weight excluding hydrogens is 488 g/mol. The summed E-state index contributed by atoms with van der Waals surface area (Å²) >= 11 is 0. The Morgan fingerprint density at radius 1 is 1.08 bits per heavy atom. The van der Waals surface area contributed by atoms with E-state index < -0.39 is 17.7 Å². The minimum atomic E-state index is -1.26. The topological polar surface area (TPSA) is 134 Å². The average Bonchev–Trinajstić information content (AvgIpc) is 2.88. The number of methoxy groups -OCH3 is 1. The zero-order valence-electron chi connectivity index (χ0n) is 22.4. The molecule has 0 saturated heterocycles. The summed E-state index contributed by atoms with van der Waals surface area (Å²) in [5.41, 5.74) is 1.93. The minimum absolute atomic E-state index is 0.0279. The molecule has 0 fully saturated rings. The van der Waals surface area contributed by atoms with Crippen molar-refractivity contribution >= 4 is 18.0 Å². The van der Waals surface area contributed by atoms with Crippen molar-refractivity contribution in [2.75, 3.05) is 13.7 Å². The predicted octanol–water partition coefficient (Wildman–Crippen LogP) is 6.19. The van der Waals surface area contributed by atoms with Gasteiger partial charge in [0, 0.05) is 11.6 Å². The van der Waals surface area contributed by atoms with Gasteiger partial charge in [0.15, 0.2) is 23.0 Å². The van der Waals surface area contributed by atoms with Gasteiger partial charge in [0.25, 0.3) is 0 Å². The highest BCUT2D eigenvalue weighted by Crippen LogP contribution is 2.50. The van der Waals surface area contributed by atoms with Gasteiger partial charge in [0.1, 0.15) is 5.56 Å². The third-order valence-corrected chi connectivity index (χ3v) is 7.55. The summed E-state index contributed by atoms with van der Waals surface area (Å²) in [6, 6.07) is 6.33. The zero-order chi connectivity index (χ0) is 28.0. The molecule has 1 aliphatic rings. The van der Waals surface area contributed by atoms with Gasteiger partial charge in [-0.15, -0.1) is 0 Å². The summed E-state index contributed by atoms with van der Waals surface area (Å²) in [5.74, 6) is -1.64. The standard InChI is InChI=1S/C30H38O8/c1-17(16-38-26(32)13-10-20-9-12-24(31)25(14-20)37-4)6-5-7-18(2)21-11-8-19(3)27-22(21)15-23(30(35)36)28(33)29(27)34/h9-10,12-15,17-19,21,31,33-34H,5-8,11,16H2,1-4H3,(H,35,36)/b13-10+/t17-,18+,19-,21+/m1/s1. The molecule has 2 aromatic carbocycles. The second-order valence-electron chi connectivity index (χ2n) is 10.4. The highest BCUT2D eigenvalue weighted by Gasteiger charge is 2.33. The van der Waals surface area contributed by atoms with Crippen LogP contribution in [0.25, 0.3) is 6.08 Å². The van der Waals surface area contributed by atoms with Crippen molar-refractivity contribution in [2.24, 2.45) is 11.8 Å². The Morgan fingerprint density at radius 3 is 2.50 bits per heavy atom. The van der Waals surface area contributed by atoms with Gasteiger partial charge < -0.3 is 29.9 Å². The molecule has 0 unspecified atom stereocenters. The Morgan fingerprint density at radius 2 is 1.82 bits per heavy atom. The van der Waals surface area contributed by atoms with Crippen molar-refractivity contribution in [3.05, 3.63) is 52.6 Å². The molecule has 0 bridgehead atoms. The van der Waals surface area contributed by atoms with E-state index in [2.05, 4.69) is 6.92 Å². The summed E-state index contributed by atoms with van der Waals surface area (Å²) in [5, 5.41) is 39.9. The van der Waals surface area contributed by atoms with E-state index in [9.17, 15) is 30.0 Å². The predicted molar refractivity (Wildman–Crippen MR) is 144 cm³/mol. The molecule has 0 heterocycles. The number of carbonyl (C=O) groups excluding carboxylic acids is 1. The smallest absolute Gasteiger partial charge is 0.339 e. The van der Waals surface area contributed by atoms with E-state index in [-0.39, 0.29) is 40.7 Å². The van der Waals surface area contributed by atoms with Gasteiger partial charge in [-0.1, -0.05) is 39.7 Å². The van der Waals surface area contributed by atoms with Crippen LogP contribution in [0.5, 0.6) is 23.0 Å². The lowest BCUT2D eigenvalue weighted by Crippen LogP contribution is -2.20. The van der Waals surface area contributed by atoms with E-state index in [4.69, 9.17) is 9.47 Å². The van der Waals surface area contributed by atoms with Gasteiger partial charge >= 0.3 is 11.9 Å². The fourth-order valence-electron chi connectivity index (χ4n) is 5.31. The number of aromatic hydroxyl groups is 3. The molecule has 38 heavy (non-hydrogen) atoms. The summed E-state index contributed by atoms with van der Waals surface area (Å²) in [6.45, 7) is 6.46. The van der Waals surface area contributed by atoms with Crippen LogP contribution in [0.15, 0.2) is 30.3 Å². The Bertz CT molecular complexity index is 1190. The largest absolute Gasteiger partial charge is 0.504 e. The number of esters is 1. The van der Waals surface area contributed by atoms with E-state index >= 15 is 0 Å². The van der Waals surface area contributed by atoms with Gasteiger partial charge in [-0.3, -0.25) is 0 Å². The van der Waals surface area contributed by atoms with Crippen LogP contribution in [0.1, 0.15) is 91.8 Å². The van der Waals surface area contributed by atoms with Crippen LogP contribution in [0.2, 0.25) is 0 Å². The van der Waals surface area contributed by atoms with Gasteiger partial charge in [-0.2, -0.15) is 0 Å². The lowest BCUT2D eigenvalue weighted by Gasteiger charge is -2.34. The quantitative estimate of drug-likeness (QED) is 0.155. The number of phenolic OH excluding ortho intramolecular Hbond substituents is 2. The van der Waals surface area contributed by atoms with Crippen LogP contribution >= 0.6 is 0 Å². The molecule has 4 N–H and O–H groups in total. The first-order chi connectivity index (χ1) is 18.0. The number of rotatable bonds is 11. The van der Waals surface area contributed by atoms with Gasteiger partial charge in [-0.25, -0.2) is 9.59 Å². The fourth-order valence-corrected chi connectivity index (χ4v) is 5.31. The Hall–Kier alpha value is -3.68. The number of carboxylic acid groups (broad SMARTS) is 1. The molecule has 4 atom stereocenters. The molecule has 206 valence electrons. The van der Waals surface area contributed by atoms with Crippen LogP contribution in [-0.2, 0) is 9.53 Å². The van der Waals surface area contributed by atoms with E-state index in [1.54, 1.807) is 18.2 Å². The number of carbonyl (C=O) groups is 2. The molecule has 8 heteroatoms. The second-order valence-corrected chi connectivity index (χ2v) is 10.4. The number of hydrogen-bond acceptors (Lipinski definition) is 7. The molecule has 0 amide bonds. The number of hydrogen-bond donors (Lipinski definition) is 4. The third kappa shape index (κ3) is 6.79. The molecule has 0 spiro atoms. The maximum absolute atomic E-state index is 12.1. The molecule has 0 saturated carbocycles. The molecule has 3 rings (SSSR count). The highest BCUT2D eigenvalue weighted by molar-refractivity contribution is 5.92. The molecule has 2 aromatic rings. The van der Waals surface area contributed by atoms with E-state index in [1.165, 1.54) is 25.3 Å². The monoisotopic (exact) mass is 526 g/mol. The maximum atomic E-state index is 12.1. The first-order valence-corrected chi connectivity index (χ1v) is 13.1. The number of aromatic carboxylic acids is 1. The number of ether oxygens (including phenoxy) is 2. The van der Waals surface area contributed by atoms with Crippen LogP contribution < -0.4 is 4.74 Å². The van der Waals surface area contributed by atoms with Crippen molar-refractivity contribution in [3.8, 4) is 23.0 Å². The SMILES string of the molecule is COc1cc(/C=C/C(=O)OC[C@H](C)CCC[C@H](C)[C@@H]2CC[C@@H](C)c3c2cc(C(=O)O)c(O)c3O)ccc1O. The van der Waals surface area contributed by atoms with E-state index in [0.29, 0.717) is 23.5 Å². The maximum Gasteiger partial charge on any atom is 0.339 e. The summed E-state index contributed by atoms with van der Waals surface area (Å²) in [4.78, 5) is 23.7. The first-order valence-electron chi connectivity index (χ1n) is 13.1. The summed E-state index contributed by atoms with van der Waals surface area (Å²) < 4.78 is 10.5. The first kappa shape index (κ1) is 28.9. The third-order valence-electron chi connectivity index (χ3n) is 7.55. The van der Waals surface area contributed by atoms with Crippen molar-refractivity contribution in [3.63, 3.8) is 0 Å². The van der Waals surface area contributed by atoms with Crippen LogP contribution in [0.4, 0.5) is 0 Å². The van der Waals surface area contributed by atoms with Crippen LogP contribution in [0, 0.1) is 11.8 Å². The van der Waals surface area contributed by atoms with Crippen molar-refractivity contribution in [1.29, 1.82) is 0 Å². The molecule has 0 aromatic heterocycles. The molecule has 8 nitrogen and oxygen atoms in total. The summed E-state index contributed by atoms with van der Waals surface area (Å²) in [6.07, 6.45) is 7.40. The fraction of sp³-hybridized carbons (Fsp3) is 0.467. The number of carboxylic acids is 1. The lowest BCUT2D eigenvalue weighted by atomic mass is 9.70. The van der Waals surface area contributed by atoms with E-state index in [0.717, 1.165) is 37.7 Å². The number of fused-ring (bicyclic) bond motifs is 1. The zero-order valence-corrected chi connectivity index (χ0v) is 22.4. The molecule has 0 aliphatic heterocycles. The lowest BCUT2D eigenvalue weighted by molar-refractivity contribution is -0.138. The van der Waals surface area contributed by atoms with Crippen LogP contribution in [-0.4, -0.2) is 46.1 Å². The van der Waals surface area contributed by atoms with Gasteiger partial charge in [0.05, 0.1) is 13.7 Å². The van der Waals surface area contributed by atoms with Gasteiger partial charge in [0.2, 0.25) is 0 Å². The average molecular weight is 527 g/mol. The number of benzene rings is 2. The molecule has 1 aliphatic carbocycles. The Kier molecular flexibility index (Phi) is 9.66. The van der Waals surface area contributed by atoms with Crippen molar-refractivity contribution in [2.45, 2.75) is 64.7 Å². The molecule has 0 radical (unpaired) electrons. The Labute approximate surface area is 223 Å². The highest BCUT2D eigenvalue weighted by atomic mass is 16.5. The van der Waals surface area contributed by atoms with E-state index in [1.807, 2.05) is 13.8 Å². The van der Waals surface area contributed by atoms with Crippen LogP contribution in [0.3, 0.4) is 0 Å². The second kappa shape index (κ2) is 12.7.